The Bertz CT molecular complexity index is 395. The first-order chi connectivity index (χ1) is 8.19. The Morgan fingerprint density at radius 1 is 1.53 bits per heavy atom. The summed E-state index contributed by atoms with van der Waals surface area (Å²) in [6.07, 6.45) is 4.88. The van der Waals surface area contributed by atoms with Gasteiger partial charge in [0.25, 0.3) is 0 Å². The van der Waals surface area contributed by atoms with E-state index in [1.165, 1.54) is 0 Å². The maximum Gasteiger partial charge on any atom is 0.159 e. The fourth-order valence-electron chi connectivity index (χ4n) is 2.66. The third-order valence-electron chi connectivity index (χ3n) is 3.62. The molecular formula is C11H16BrN3O2. The van der Waals surface area contributed by atoms with Crippen LogP contribution >= 0.6 is 15.9 Å². The molecule has 3 heterocycles. The Morgan fingerprint density at radius 2 is 2.41 bits per heavy atom. The lowest BCUT2D eigenvalue weighted by molar-refractivity contribution is -0.0962. The van der Waals surface area contributed by atoms with Gasteiger partial charge in [0, 0.05) is 32.3 Å². The molecule has 0 aromatic carbocycles. The van der Waals surface area contributed by atoms with Crippen LogP contribution in [0.2, 0.25) is 0 Å². The molecule has 2 aliphatic rings. The molecule has 2 aliphatic heterocycles. The summed E-state index contributed by atoms with van der Waals surface area (Å²) in [6, 6.07) is 0.360. The van der Waals surface area contributed by atoms with Gasteiger partial charge in [-0.3, -0.25) is 4.68 Å². The number of halogens is 1. The molecule has 2 saturated heterocycles. The van der Waals surface area contributed by atoms with Gasteiger partial charge in [-0.05, 0) is 22.4 Å². The lowest BCUT2D eigenvalue weighted by Crippen LogP contribution is -2.41. The van der Waals surface area contributed by atoms with Crippen molar-refractivity contribution in [2.75, 3.05) is 25.6 Å². The average molecular weight is 302 g/mol. The molecule has 2 fully saturated rings. The smallest absolute Gasteiger partial charge is 0.159 e. The van der Waals surface area contributed by atoms with Crippen LogP contribution in [0.15, 0.2) is 10.7 Å². The van der Waals surface area contributed by atoms with Crippen LogP contribution in [0.4, 0.5) is 5.82 Å². The molecule has 0 bridgehead atoms. The second-order valence-electron chi connectivity index (χ2n) is 4.82. The molecule has 2 unspecified atom stereocenters. The Balaban J connectivity index is 1.79. The summed E-state index contributed by atoms with van der Waals surface area (Å²) in [5.41, 5.74) is 5.67. The molecular weight excluding hydrogens is 286 g/mol. The zero-order chi connectivity index (χ0) is 11.9. The van der Waals surface area contributed by atoms with Crippen LogP contribution in [0, 0.1) is 0 Å². The van der Waals surface area contributed by atoms with Gasteiger partial charge in [-0.2, -0.15) is 5.10 Å². The average Bonchev–Trinajstić information content (AvgIpc) is 2.88. The van der Waals surface area contributed by atoms with Crippen molar-refractivity contribution >= 4 is 21.7 Å². The topological polar surface area (TPSA) is 62.3 Å². The number of hydrogen-bond donors (Lipinski definition) is 1. The van der Waals surface area contributed by atoms with Crippen LogP contribution in [0.25, 0.3) is 0 Å². The van der Waals surface area contributed by atoms with Crippen LogP contribution in [0.1, 0.15) is 25.3 Å². The van der Waals surface area contributed by atoms with E-state index in [0.717, 1.165) is 36.9 Å². The summed E-state index contributed by atoms with van der Waals surface area (Å²) in [4.78, 5) is 0. The Hall–Kier alpha value is -0.590. The van der Waals surface area contributed by atoms with Gasteiger partial charge in [0.05, 0.1) is 22.7 Å². The largest absolute Gasteiger partial charge is 0.381 e. The van der Waals surface area contributed by atoms with Gasteiger partial charge in [0.2, 0.25) is 0 Å². The molecule has 0 aliphatic carbocycles. The number of ether oxygens (including phenoxy) is 2. The van der Waals surface area contributed by atoms with Crippen molar-refractivity contribution in [3.63, 3.8) is 0 Å². The molecule has 6 heteroatoms. The van der Waals surface area contributed by atoms with Crippen LogP contribution in [-0.4, -0.2) is 35.2 Å². The Labute approximate surface area is 108 Å². The van der Waals surface area contributed by atoms with Crippen molar-refractivity contribution in [2.45, 2.75) is 30.9 Å². The van der Waals surface area contributed by atoms with Crippen LogP contribution in [-0.2, 0) is 9.47 Å². The van der Waals surface area contributed by atoms with Crippen molar-refractivity contribution in [1.29, 1.82) is 0 Å². The molecule has 0 saturated carbocycles. The fourth-order valence-corrected chi connectivity index (χ4v) is 2.95. The molecule has 94 valence electrons. The van der Waals surface area contributed by atoms with Gasteiger partial charge >= 0.3 is 0 Å². The third kappa shape index (κ3) is 2.09. The first-order valence-electron chi connectivity index (χ1n) is 5.90. The molecule has 0 radical (unpaired) electrons. The summed E-state index contributed by atoms with van der Waals surface area (Å²) in [5.74, 6) is 0.549. The highest BCUT2D eigenvalue weighted by Gasteiger charge is 2.41. The number of rotatable bonds is 1. The highest BCUT2D eigenvalue weighted by atomic mass is 79.9. The van der Waals surface area contributed by atoms with Crippen molar-refractivity contribution in [3.8, 4) is 0 Å². The zero-order valence-corrected chi connectivity index (χ0v) is 11.1. The summed E-state index contributed by atoms with van der Waals surface area (Å²) >= 11 is 3.39. The summed E-state index contributed by atoms with van der Waals surface area (Å²) in [7, 11) is 0. The van der Waals surface area contributed by atoms with Crippen LogP contribution in [0.3, 0.4) is 0 Å². The third-order valence-corrected chi connectivity index (χ3v) is 4.23. The maximum atomic E-state index is 5.91. The van der Waals surface area contributed by atoms with E-state index in [1.54, 1.807) is 0 Å². The normalized spacial score (nSPS) is 33.4. The first kappa shape index (κ1) is 11.5. The quantitative estimate of drug-likeness (QED) is 0.858. The number of nitrogens with two attached hydrogens (primary N) is 1. The molecule has 1 spiro atoms. The van der Waals surface area contributed by atoms with E-state index in [4.69, 9.17) is 15.2 Å². The highest BCUT2D eigenvalue weighted by molar-refractivity contribution is 9.10. The molecule has 1 aromatic rings. The van der Waals surface area contributed by atoms with Gasteiger partial charge in [0.15, 0.2) is 5.82 Å². The summed E-state index contributed by atoms with van der Waals surface area (Å²) in [6.45, 7) is 2.28. The minimum absolute atomic E-state index is 0.0872. The molecule has 2 N–H and O–H groups in total. The standard InChI is InChI=1S/C11H16BrN3O2/c12-9-6-15(14-10(9)13)8-1-3-17-11(5-8)2-4-16-7-11/h6,8H,1-5,7H2,(H2,13,14). The van der Waals surface area contributed by atoms with Crippen molar-refractivity contribution in [2.24, 2.45) is 0 Å². The molecule has 17 heavy (non-hydrogen) atoms. The lowest BCUT2D eigenvalue weighted by atomic mass is 9.90. The molecule has 5 nitrogen and oxygen atoms in total. The van der Waals surface area contributed by atoms with E-state index in [-0.39, 0.29) is 5.60 Å². The number of hydrogen-bond acceptors (Lipinski definition) is 4. The molecule has 3 rings (SSSR count). The Kier molecular flexibility index (Phi) is 2.88. The lowest BCUT2D eigenvalue weighted by Gasteiger charge is -2.37. The number of anilines is 1. The number of aromatic nitrogens is 2. The molecule has 2 atom stereocenters. The van der Waals surface area contributed by atoms with Crippen molar-refractivity contribution < 1.29 is 9.47 Å². The van der Waals surface area contributed by atoms with Crippen molar-refractivity contribution in [3.05, 3.63) is 10.7 Å². The highest BCUT2D eigenvalue weighted by Crippen LogP contribution is 2.38. The number of nitrogens with zero attached hydrogens (tertiary/aromatic N) is 2. The van der Waals surface area contributed by atoms with E-state index >= 15 is 0 Å². The second kappa shape index (κ2) is 4.26. The Morgan fingerprint density at radius 3 is 3.06 bits per heavy atom. The minimum Gasteiger partial charge on any atom is -0.381 e. The van der Waals surface area contributed by atoms with Gasteiger partial charge in [-0.15, -0.1) is 0 Å². The van der Waals surface area contributed by atoms with Gasteiger partial charge < -0.3 is 15.2 Å². The van der Waals surface area contributed by atoms with E-state index in [9.17, 15) is 0 Å². The summed E-state index contributed by atoms with van der Waals surface area (Å²) < 4.78 is 14.2. The van der Waals surface area contributed by atoms with Crippen LogP contribution in [0.5, 0.6) is 0 Å². The van der Waals surface area contributed by atoms with Gasteiger partial charge in [-0.1, -0.05) is 0 Å². The van der Waals surface area contributed by atoms with E-state index in [0.29, 0.717) is 18.5 Å². The summed E-state index contributed by atoms with van der Waals surface area (Å²) in [5, 5.41) is 4.34. The predicted octanol–water partition coefficient (Wildman–Crippen LogP) is 1.74. The van der Waals surface area contributed by atoms with Gasteiger partial charge in [0.1, 0.15) is 0 Å². The maximum absolute atomic E-state index is 5.91. The van der Waals surface area contributed by atoms with Gasteiger partial charge in [-0.25, -0.2) is 0 Å². The number of nitrogen functional groups attached to an aromatic ring is 1. The SMILES string of the molecule is Nc1nn(C2CCOC3(CCOC3)C2)cc1Br. The molecule has 0 amide bonds. The molecule has 1 aromatic heterocycles. The van der Waals surface area contributed by atoms with E-state index in [2.05, 4.69) is 21.0 Å². The second-order valence-corrected chi connectivity index (χ2v) is 5.68. The fraction of sp³-hybridized carbons (Fsp3) is 0.727. The van der Waals surface area contributed by atoms with Crippen molar-refractivity contribution in [1.82, 2.24) is 9.78 Å². The minimum atomic E-state index is -0.0872. The van der Waals surface area contributed by atoms with Crippen LogP contribution < -0.4 is 5.73 Å². The monoisotopic (exact) mass is 301 g/mol. The van der Waals surface area contributed by atoms with E-state index < -0.39 is 0 Å². The zero-order valence-electron chi connectivity index (χ0n) is 9.56. The predicted molar refractivity (Wildman–Crippen MR) is 66.7 cm³/mol. The first-order valence-corrected chi connectivity index (χ1v) is 6.70. The van der Waals surface area contributed by atoms with E-state index in [1.807, 2.05) is 10.9 Å².